The molecule has 0 radical (unpaired) electrons. The van der Waals surface area contributed by atoms with Crippen LogP contribution < -0.4 is 0 Å². The normalized spacial score (nSPS) is 23.5. The van der Waals surface area contributed by atoms with Crippen LogP contribution >= 0.6 is 11.6 Å². The van der Waals surface area contributed by atoms with Gasteiger partial charge in [0.2, 0.25) is 5.91 Å². The Bertz CT molecular complexity index is 1160. The number of rotatable bonds is 3. The summed E-state index contributed by atoms with van der Waals surface area (Å²) in [7, 11) is 0. The minimum atomic E-state index is -4.52. The second kappa shape index (κ2) is 7.22. The molecular weight excluding hydrogens is 429 g/mol. The summed E-state index contributed by atoms with van der Waals surface area (Å²) >= 11 is 5.94. The fraction of sp³-hybridized carbons (Fsp3) is 0.409. The van der Waals surface area contributed by atoms with E-state index >= 15 is 0 Å². The van der Waals surface area contributed by atoms with Crippen molar-refractivity contribution in [1.82, 2.24) is 19.5 Å². The standard InChI is InChI=1S/C22H20ClF3N4O/c1-12-8-19(22(24,25)26)30-20(27-12)10-18(28-30)14-6-7-29(11-14)21(31)17-9-16(17)13-2-4-15(23)5-3-13/h2-5,8,10,14,16-17H,6-7,9,11H2,1H3/t14-,16-,17-/m1/s1. The molecule has 0 bridgehead atoms. The van der Waals surface area contributed by atoms with E-state index in [1.807, 2.05) is 29.2 Å². The molecule has 3 atom stereocenters. The maximum atomic E-state index is 13.4. The zero-order chi connectivity index (χ0) is 21.9. The van der Waals surface area contributed by atoms with E-state index < -0.39 is 11.9 Å². The van der Waals surface area contributed by atoms with Crippen molar-refractivity contribution in [3.8, 4) is 0 Å². The highest BCUT2D eigenvalue weighted by Gasteiger charge is 2.47. The van der Waals surface area contributed by atoms with Crippen LogP contribution in [-0.4, -0.2) is 38.5 Å². The van der Waals surface area contributed by atoms with Gasteiger partial charge in [-0.05, 0) is 49.4 Å². The van der Waals surface area contributed by atoms with Gasteiger partial charge in [-0.1, -0.05) is 23.7 Å². The molecule has 5 nitrogen and oxygen atoms in total. The first-order chi connectivity index (χ1) is 14.7. The van der Waals surface area contributed by atoms with Gasteiger partial charge >= 0.3 is 6.18 Å². The molecule has 0 spiro atoms. The molecule has 3 heterocycles. The van der Waals surface area contributed by atoms with Crippen molar-refractivity contribution < 1.29 is 18.0 Å². The number of aryl methyl sites for hydroxylation is 1. The zero-order valence-corrected chi connectivity index (χ0v) is 17.5. The first kappa shape index (κ1) is 20.3. The maximum absolute atomic E-state index is 13.4. The smallest absolute Gasteiger partial charge is 0.342 e. The maximum Gasteiger partial charge on any atom is 0.433 e. The second-order valence-corrected chi connectivity index (χ2v) is 8.83. The molecule has 3 aromatic rings. The Hall–Kier alpha value is -2.61. The summed E-state index contributed by atoms with van der Waals surface area (Å²) in [5.74, 6) is 0.179. The third kappa shape index (κ3) is 3.78. The molecule has 1 saturated heterocycles. The van der Waals surface area contributed by atoms with Crippen molar-refractivity contribution in [3.05, 3.63) is 64.1 Å². The Kier molecular flexibility index (Phi) is 4.73. The molecule has 2 aliphatic rings. The van der Waals surface area contributed by atoms with Gasteiger partial charge in [-0.25, -0.2) is 9.50 Å². The van der Waals surface area contributed by atoms with Gasteiger partial charge in [0, 0.05) is 41.7 Å². The lowest BCUT2D eigenvalue weighted by atomic mass is 10.1. The number of amides is 1. The lowest BCUT2D eigenvalue weighted by Crippen LogP contribution is -2.30. The minimum Gasteiger partial charge on any atom is -0.342 e. The van der Waals surface area contributed by atoms with Crippen LogP contribution in [0.4, 0.5) is 13.2 Å². The predicted octanol–water partition coefficient (Wildman–Crippen LogP) is 4.83. The summed E-state index contributed by atoms with van der Waals surface area (Å²) in [6.07, 6.45) is -3.03. The average Bonchev–Trinajstić information content (AvgIpc) is 3.15. The number of carbonyl (C=O) groups is 1. The molecule has 5 rings (SSSR count). The Morgan fingerprint density at radius 3 is 2.65 bits per heavy atom. The number of nitrogens with zero attached hydrogens (tertiary/aromatic N) is 4. The fourth-order valence-corrected chi connectivity index (χ4v) is 4.63. The summed E-state index contributed by atoms with van der Waals surface area (Å²) in [6.45, 7) is 2.58. The largest absolute Gasteiger partial charge is 0.433 e. The van der Waals surface area contributed by atoms with Crippen molar-refractivity contribution in [2.75, 3.05) is 13.1 Å². The second-order valence-electron chi connectivity index (χ2n) is 8.39. The lowest BCUT2D eigenvalue weighted by Gasteiger charge is -2.16. The number of carbonyl (C=O) groups excluding carboxylic acids is 1. The van der Waals surface area contributed by atoms with Crippen LogP contribution in [0.1, 0.15) is 47.3 Å². The van der Waals surface area contributed by atoms with Crippen molar-refractivity contribution in [3.63, 3.8) is 0 Å². The fourth-order valence-electron chi connectivity index (χ4n) is 4.50. The van der Waals surface area contributed by atoms with E-state index in [0.29, 0.717) is 30.2 Å². The van der Waals surface area contributed by atoms with E-state index in [9.17, 15) is 18.0 Å². The van der Waals surface area contributed by atoms with Crippen LogP contribution in [0, 0.1) is 12.8 Å². The van der Waals surface area contributed by atoms with Gasteiger partial charge in [-0.2, -0.15) is 18.3 Å². The van der Waals surface area contributed by atoms with E-state index in [1.165, 1.54) is 6.92 Å². The Balaban J connectivity index is 1.31. The van der Waals surface area contributed by atoms with Gasteiger partial charge in [-0.15, -0.1) is 0 Å². The van der Waals surface area contributed by atoms with Crippen molar-refractivity contribution in [2.45, 2.75) is 37.8 Å². The number of likely N-dealkylation sites (tertiary alicyclic amines) is 1. The van der Waals surface area contributed by atoms with Gasteiger partial charge < -0.3 is 4.90 Å². The van der Waals surface area contributed by atoms with E-state index in [-0.39, 0.29) is 35.0 Å². The summed E-state index contributed by atoms with van der Waals surface area (Å²) in [5.41, 5.74) is 1.29. The Morgan fingerprint density at radius 2 is 1.94 bits per heavy atom. The number of halogens is 4. The molecular formula is C22H20ClF3N4O. The summed E-state index contributed by atoms with van der Waals surface area (Å²) in [5, 5.41) is 4.88. The van der Waals surface area contributed by atoms with E-state index in [0.717, 1.165) is 22.6 Å². The number of alkyl halides is 3. The van der Waals surface area contributed by atoms with E-state index in [2.05, 4.69) is 10.1 Å². The van der Waals surface area contributed by atoms with Crippen LogP contribution in [0.15, 0.2) is 36.4 Å². The van der Waals surface area contributed by atoms with Crippen LogP contribution in [0.5, 0.6) is 0 Å². The molecule has 2 aromatic heterocycles. The molecule has 0 unspecified atom stereocenters. The summed E-state index contributed by atoms with van der Waals surface area (Å²) < 4.78 is 41.1. The number of hydrogen-bond acceptors (Lipinski definition) is 3. The topological polar surface area (TPSA) is 50.5 Å². The highest BCUT2D eigenvalue weighted by atomic mass is 35.5. The number of fused-ring (bicyclic) bond motifs is 1. The zero-order valence-electron chi connectivity index (χ0n) is 16.7. The van der Waals surface area contributed by atoms with Crippen LogP contribution in [0.25, 0.3) is 5.65 Å². The molecule has 1 aliphatic carbocycles. The van der Waals surface area contributed by atoms with Crippen molar-refractivity contribution in [2.24, 2.45) is 5.92 Å². The first-order valence-corrected chi connectivity index (χ1v) is 10.6. The average molecular weight is 449 g/mol. The van der Waals surface area contributed by atoms with Crippen molar-refractivity contribution in [1.29, 1.82) is 0 Å². The summed E-state index contributed by atoms with van der Waals surface area (Å²) in [4.78, 5) is 19.0. The van der Waals surface area contributed by atoms with E-state index in [1.54, 1.807) is 6.07 Å². The highest BCUT2D eigenvalue weighted by Crippen LogP contribution is 2.49. The molecule has 0 N–H and O–H groups in total. The van der Waals surface area contributed by atoms with Gasteiger partial charge in [0.05, 0.1) is 5.69 Å². The SMILES string of the molecule is Cc1cc(C(F)(F)F)n2nc([C@@H]3CCN(C(=O)[C@@H]4C[C@@H]4c4ccc(Cl)cc4)C3)cc2n1. The van der Waals surface area contributed by atoms with Crippen molar-refractivity contribution >= 4 is 23.2 Å². The Morgan fingerprint density at radius 1 is 1.19 bits per heavy atom. The molecule has 1 saturated carbocycles. The number of hydrogen-bond donors (Lipinski definition) is 0. The number of benzene rings is 1. The monoisotopic (exact) mass is 448 g/mol. The van der Waals surface area contributed by atoms with Gasteiger partial charge in [-0.3, -0.25) is 4.79 Å². The summed E-state index contributed by atoms with van der Waals surface area (Å²) in [6, 6.07) is 10.2. The first-order valence-electron chi connectivity index (χ1n) is 10.2. The highest BCUT2D eigenvalue weighted by molar-refractivity contribution is 6.30. The van der Waals surface area contributed by atoms with Gasteiger partial charge in [0.25, 0.3) is 0 Å². The Labute approximate surface area is 181 Å². The van der Waals surface area contributed by atoms with Gasteiger partial charge in [0.15, 0.2) is 5.65 Å². The minimum absolute atomic E-state index is 0.0397. The molecule has 31 heavy (non-hydrogen) atoms. The third-order valence-corrected chi connectivity index (χ3v) is 6.44. The van der Waals surface area contributed by atoms with Gasteiger partial charge in [0.1, 0.15) is 5.69 Å². The quantitative estimate of drug-likeness (QED) is 0.576. The van der Waals surface area contributed by atoms with E-state index in [4.69, 9.17) is 11.6 Å². The third-order valence-electron chi connectivity index (χ3n) is 6.19. The molecule has 2 fully saturated rings. The predicted molar refractivity (Wildman–Crippen MR) is 109 cm³/mol. The molecule has 1 aliphatic heterocycles. The van der Waals surface area contributed by atoms with Crippen LogP contribution in [-0.2, 0) is 11.0 Å². The number of aromatic nitrogens is 3. The molecule has 162 valence electrons. The molecule has 1 amide bonds. The van der Waals surface area contributed by atoms with Crippen LogP contribution in [0.3, 0.4) is 0 Å². The molecule has 9 heteroatoms. The lowest BCUT2D eigenvalue weighted by molar-refractivity contribution is -0.142. The molecule has 1 aromatic carbocycles. The van der Waals surface area contributed by atoms with Crippen LogP contribution in [0.2, 0.25) is 5.02 Å².